The third kappa shape index (κ3) is 4.39. The van der Waals surface area contributed by atoms with Crippen LogP contribution in [0.2, 0.25) is 0 Å². The van der Waals surface area contributed by atoms with Crippen molar-refractivity contribution >= 4 is 12.0 Å². The molecule has 0 unspecified atom stereocenters. The first kappa shape index (κ1) is 16.8. The van der Waals surface area contributed by atoms with Gasteiger partial charge in [0.05, 0.1) is 5.92 Å². The van der Waals surface area contributed by atoms with E-state index in [1.807, 2.05) is 0 Å². The SMILES string of the molecule is CCC(CC)(CC)NC(=O)NC1CCC(C(=O)O)CC1. The monoisotopic (exact) mass is 284 g/mol. The Hall–Kier alpha value is -1.26. The Bertz CT molecular complexity index is 324. The Morgan fingerprint density at radius 2 is 1.55 bits per heavy atom. The molecule has 1 saturated carbocycles. The summed E-state index contributed by atoms with van der Waals surface area (Å²) in [5.74, 6) is -0.952. The van der Waals surface area contributed by atoms with Crippen LogP contribution in [0.4, 0.5) is 4.79 Å². The quantitative estimate of drug-likeness (QED) is 0.701. The lowest BCUT2D eigenvalue weighted by molar-refractivity contribution is -0.142. The molecule has 1 rings (SSSR count). The molecule has 5 nitrogen and oxygen atoms in total. The molecular weight excluding hydrogens is 256 g/mol. The van der Waals surface area contributed by atoms with Crippen molar-refractivity contribution in [3.05, 3.63) is 0 Å². The van der Waals surface area contributed by atoms with Gasteiger partial charge in [-0.05, 0) is 44.9 Å². The van der Waals surface area contributed by atoms with E-state index in [-0.39, 0.29) is 23.5 Å². The average molecular weight is 284 g/mol. The third-order valence-electron chi connectivity index (χ3n) is 4.82. The zero-order valence-corrected chi connectivity index (χ0v) is 12.9. The van der Waals surface area contributed by atoms with Gasteiger partial charge in [-0.1, -0.05) is 20.8 Å². The highest BCUT2D eigenvalue weighted by Crippen LogP contribution is 2.24. The number of urea groups is 1. The molecule has 0 radical (unpaired) electrons. The Morgan fingerprint density at radius 1 is 1.05 bits per heavy atom. The molecule has 3 N–H and O–H groups in total. The van der Waals surface area contributed by atoms with Crippen LogP contribution in [-0.4, -0.2) is 28.7 Å². The molecule has 0 atom stereocenters. The average Bonchev–Trinajstić information content (AvgIpc) is 2.45. The minimum atomic E-state index is -0.713. The first-order valence-corrected chi connectivity index (χ1v) is 7.77. The summed E-state index contributed by atoms with van der Waals surface area (Å²) in [7, 11) is 0. The van der Waals surface area contributed by atoms with Gasteiger partial charge < -0.3 is 15.7 Å². The van der Waals surface area contributed by atoms with E-state index in [9.17, 15) is 9.59 Å². The van der Waals surface area contributed by atoms with E-state index in [0.717, 1.165) is 32.1 Å². The maximum atomic E-state index is 12.1. The third-order valence-corrected chi connectivity index (χ3v) is 4.82. The molecule has 0 bridgehead atoms. The van der Waals surface area contributed by atoms with Gasteiger partial charge in [0.25, 0.3) is 0 Å². The molecule has 2 amide bonds. The predicted octanol–water partition coefficient (Wildman–Crippen LogP) is 2.90. The number of carbonyl (C=O) groups is 2. The van der Waals surface area contributed by atoms with Crippen molar-refractivity contribution < 1.29 is 14.7 Å². The van der Waals surface area contributed by atoms with Crippen LogP contribution in [0.15, 0.2) is 0 Å². The summed E-state index contributed by atoms with van der Waals surface area (Å²) in [5.41, 5.74) is -0.123. The van der Waals surface area contributed by atoms with Gasteiger partial charge in [0.1, 0.15) is 0 Å². The second-order valence-electron chi connectivity index (χ2n) is 5.83. The summed E-state index contributed by atoms with van der Waals surface area (Å²) in [6, 6.07) is -0.0109. The van der Waals surface area contributed by atoms with E-state index >= 15 is 0 Å². The van der Waals surface area contributed by atoms with Gasteiger partial charge in [-0.25, -0.2) is 4.79 Å². The number of carbonyl (C=O) groups excluding carboxylic acids is 1. The number of rotatable bonds is 6. The second-order valence-corrected chi connectivity index (χ2v) is 5.83. The fraction of sp³-hybridized carbons (Fsp3) is 0.867. The van der Waals surface area contributed by atoms with Gasteiger partial charge in [-0.15, -0.1) is 0 Å². The molecular formula is C15H28N2O3. The van der Waals surface area contributed by atoms with Gasteiger partial charge >= 0.3 is 12.0 Å². The predicted molar refractivity (Wildman–Crippen MR) is 78.7 cm³/mol. The molecule has 1 fully saturated rings. The fourth-order valence-electron chi connectivity index (χ4n) is 2.96. The van der Waals surface area contributed by atoms with Gasteiger partial charge in [-0.2, -0.15) is 0 Å². The van der Waals surface area contributed by atoms with Crippen LogP contribution in [0.1, 0.15) is 65.7 Å². The number of carboxylic acids is 1. The smallest absolute Gasteiger partial charge is 0.315 e. The van der Waals surface area contributed by atoms with Crippen molar-refractivity contribution in [2.75, 3.05) is 0 Å². The van der Waals surface area contributed by atoms with Crippen LogP contribution < -0.4 is 10.6 Å². The van der Waals surface area contributed by atoms with Crippen LogP contribution in [-0.2, 0) is 4.79 Å². The van der Waals surface area contributed by atoms with E-state index < -0.39 is 5.97 Å². The van der Waals surface area contributed by atoms with Crippen LogP contribution in [0.3, 0.4) is 0 Å². The van der Waals surface area contributed by atoms with Gasteiger partial charge in [-0.3, -0.25) is 4.79 Å². The molecule has 20 heavy (non-hydrogen) atoms. The minimum Gasteiger partial charge on any atom is -0.481 e. The standard InChI is InChI=1S/C15H28N2O3/c1-4-15(5-2,6-3)17-14(20)16-12-9-7-11(8-10-12)13(18)19/h11-12H,4-10H2,1-3H3,(H,18,19)(H2,16,17,20). The molecule has 116 valence electrons. The Labute approximate surface area is 121 Å². The summed E-state index contributed by atoms with van der Waals surface area (Å²) in [5, 5.41) is 15.0. The Kier molecular flexibility index (Phi) is 6.30. The van der Waals surface area contributed by atoms with E-state index in [0.29, 0.717) is 12.8 Å². The maximum Gasteiger partial charge on any atom is 0.315 e. The first-order chi connectivity index (χ1) is 9.46. The largest absolute Gasteiger partial charge is 0.481 e. The molecule has 0 spiro atoms. The lowest BCUT2D eigenvalue weighted by Gasteiger charge is -2.33. The van der Waals surface area contributed by atoms with E-state index in [4.69, 9.17) is 5.11 Å². The molecule has 0 aromatic carbocycles. The molecule has 0 aromatic heterocycles. The van der Waals surface area contributed by atoms with Crippen LogP contribution in [0.25, 0.3) is 0 Å². The number of amides is 2. The zero-order chi connectivity index (χ0) is 15.2. The second kappa shape index (κ2) is 7.50. The van der Waals surface area contributed by atoms with Crippen molar-refractivity contribution in [1.29, 1.82) is 0 Å². The molecule has 0 aromatic rings. The lowest BCUT2D eigenvalue weighted by Crippen LogP contribution is -2.53. The summed E-state index contributed by atoms with van der Waals surface area (Å²) in [6.07, 6.45) is 5.56. The topological polar surface area (TPSA) is 78.4 Å². The van der Waals surface area contributed by atoms with Crippen molar-refractivity contribution in [3.8, 4) is 0 Å². The molecule has 1 aliphatic rings. The van der Waals surface area contributed by atoms with Gasteiger partial charge in [0, 0.05) is 11.6 Å². The summed E-state index contributed by atoms with van der Waals surface area (Å²) in [4.78, 5) is 23.0. The molecule has 1 aliphatic carbocycles. The van der Waals surface area contributed by atoms with E-state index in [1.54, 1.807) is 0 Å². The number of hydrogen-bond acceptors (Lipinski definition) is 2. The summed E-state index contributed by atoms with van der Waals surface area (Å²) < 4.78 is 0. The van der Waals surface area contributed by atoms with Crippen LogP contribution >= 0.6 is 0 Å². The molecule has 0 saturated heterocycles. The normalized spacial score (nSPS) is 23.1. The van der Waals surface area contributed by atoms with Gasteiger partial charge in [0.15, 0.2) is 0 Å². The van der Waals surface area contributed by atoms with Crippen molar-refractivity contribution in [1.82, 2.24) is 10.6 Å². The molecule has 0 aliphatic heterocycles. The van der Waals surface area contributed by atoms with Crippen molar-refractivity contribution in [2.45, 2.75) is 77.3 Å². The molecule has 0 heterocycles. The number of aliphatic carboxylic acids is 1. The number of nitrogens with one attached hydrogen (secondary N) is 2. The Balaban J connectivity index is 2.42. The lowest BCUT2D eigenvalue weighted by atomic mass is 9.86. The van der Waals surface area contributed by atoms with Crippen LogP contribution in [0.5, 0.6) is 0 Å². The summed E-state index contributed by atoms with van der Waals surface area (Å²) >= 11 is 0. The Morgan fingerprint density at radius 3 is 1.95 bits per heavy atom. The van der Waals surface area contributed by atoms with Crippen LogP contribution in [0, 0.1) is 5.92 Å². The highest BCUT2D eigenvalue weighted by atomic mass is 16.4. The van der Waals surface area contributed by atoms with Crippen molar-refractivity contribution in [3.63, 3.8) is 0 Å². The summed E-state index contributed by atoms with van der Waals surface area (Å²) in [6.45, 7) is 6.27. The number of hydrogen-bond donors (Lipinski definition) is 3. The van der Waals surface area contributed by atoms with Crippen molar-refractivity contribution in [2.24, 2.45) is 5.92 Å². The zero-order valence-electron chi connectivity index (χ0n) is 12.9. The van der Waals surface area contributed by atoms with E-state index in [2.05, 4.69) is 31.4 Å². The number of carboxylic acid groups (broad SMARTS) is 1. The minimum absolute atomic E-state index is 0.105. The van der Waals surface area contributed by atoms with E-state index in [1.165, 1.54) is 0 Å². The highest BCUT2D eigenvalue weighted by Gasteiger charge is 2.29. The first-order valence-electron chi connectivity index (χ1n) is 7.77. The molecule has 5 heteroatoms. The van der Waals surface area contributed by atoms with Gasteiger partial charge in [0.2, 0.25) is 0 Å². The maximum absolute atomic E-state index is 12.1. The highest BCUT2D eigenvalue weighted by molar-refractivity contribution is 5.75. The fourth-order valence-corrected chi connectivity index (χ4v) is 2.96.